The van der Waals surface area contributed by atoms with Gasteiger partial charge in [0.1, 0.15) is 6.61 Å². The van der Waals surface area contributed by atoms with Crippen molar-refractivity contribution < 1.29 is 9.63 Å². The zero-order valence-corrected chi connectivity index (χ0v) is 6.27. The van der Waals surface area contributed by atoms with E-state index in [-0.39, 0.29) is 24.9 Å². The molecule has 0 heterocycles. The molecule has 56 valence electrons. The molecule has 0 radical (unpaired) electrons. The highest BCUT2D eigenvalue weighted by Gasteiger charge is 2.00. The third-order valence-electron chi connectivity index (χ3n) is 0.706. The van der Waals surface area contributed by atoms with Gasteiger partial charge in [-0.15, -0.1) is 12.4 Å². The Bertz CT molecular complexity index is 86.6. The molecule has 1 amide bonds. The fourth-order valence-corrected chi connectivity index (χ4v) is 0.200. The second kappa shape index (κ2) is 5.81. The van der Waals surface area contributed by atoms with Crippen molar-refractivity contribution in [1.82, 2.24) is 4.90 Å². The van der Waals surface area contributed by atoms with Gasteiger partial charge in [0.2, 0.25) is 5.91 Å². The predicted molar refractivity (Wildman–Crippen MR) is 36.1 cm³/mol. The summed E-state index contributed by atoms with van der Waals surface area (Å²) >= 11 is 0. The standard InChI is InChI=1S/C4H10N2O2.ClH/c1-6(2)4(7)3-8-5;/h3,5H2,1-2H3;1H. The summed E-state index contributed by atoms with van der Waals surface area (Å²) < 4.78 is 0. The van der Waals surface area contributed by atoms with Crippen LogP contribution in [0.2, 0.25) is 0 Å². The average Bonchev–Trinajstić information content (AvgIpc) is 1.67. The number of carbonyl (C=O) groups excluding carboxylic acids is 1. The summed E-state index contributed by atoms with van der Waals surface area (Å²) in [6, 6.07) is 0. The first-order chi connectivity index (χ1) is 3.68. The quantitative estimate of drug-likeness (QED) is 0.540. The summed E-state index contributed by atoms with van der Waals surface area (Å²) in [5.74, 6) is 4.49. The molecule has 0 saturated carbocycles. The van der Waals surface area contributed by atoms with Gasteiger partial charge in [0.05, 0.1) is 0 Å². The molecule has 0 atom stereocenters. The molecule has 0 bridgehead atoms. The molecule has 0 aromatic carbocycles. The smallest absolute Gasteiger partial charge is 0.250 e. The lowest BCUT2D eigenvalue weighted by atomic mass is 10.6. The molecule has 0 rings (SSSR count). The highest BCUT2D eigenvalue weighted by molar-refractivity contribution is 5.85. The Morgan fingerprint density at radius 1 is 1.67 bits per heavy atom. The fraction of sp³-hybridized carbons (Fsp3) is 0.750. The van der Waals surface area contributed by atoms with E-state index >= 15 is 0 Å². The molecule has 0 fully saturated rings. The van der Waals surface area contributed by atoms with Crippen molar-refractivity contribution in [3.05, 3.63) is 0 Å². The molecule has 0 aliphatic heterocycles. The lowest BCUT2D eigenvalue weighted by Gasteiger charge is -2.07. The minimum Gasteiger partial charge on any atom is -0.347 e. The Kier molecular flexibility index (Phi) is 7.41. The van der Waals surface area contributed by atoms with E-state index in [1.54, 1.807) is 14.1 Å². The number of hydrogen-bond acceptors (Lipinski definition) is 3. The summed E-state index contributed by atoms with van der Waals surface area (Å²) in [6.45, 7) is -0.0486. The van der Waals surface area contributed by atoms with E-state index in [4.69, 9.17) is 0 Å². The molecular weight excluding hydrogens is 144 g/mol. The summed E-state index contributed by atoms with van der Waals surface area (Å²) in [5.41, 5.74) is 0. The Labute approximate surface area is 60.3 Å². The van der Waals surface area contributed by atoms with Gasteiger partial charge in [-0.05, 0) is 0 Å². The molecule has 0 aromatic heterocycles. The number of amides is 1. The molecule has 0 aliphatic carbocycles. The summed E-state index contributed by atoms with van der Waals surface area (Å²) in [6.07, 6.45) is 0. The molecule has 0 aromatic rings. The Hall–Kier alpha value is -0.320. The van der Waals surface area contributed by atoms with Crippen LogP contribution in [0.5, 0.6) is 0 Å². The minimum absolute atomic E-state index is 0. The molecule has 0 aliphatic rings. The van der Waals surface area contributed by atoms with E-state index in [9.17, 15) is 4.79 Å². The maximum absolute atomic E-state index is 10.5. The molecule has 0 saturated heterocycles. The predicted octanol–water partition coefficient (Wildman–Crippen LogP) is -0.613. The van der Waals surface area contributed by atoms with Crippen LogP contribution in [0.3, 0.4) is 0 Å². The number of hydrogen-bond donors (Lipinski definition) is 1. The van der Waals surface area contributed by atoms with Crippen LogP contribution in [0.4, 0.5) is 0 Å². The van der Waals surface area contributed by atoms with Gasteiger partial charge in [0.25, 0.3) is 0 Å². The van der Waals surface area contributed by atoms with Crippen molar-refractivity contribution in [3.63, 3.8) is 0 Å². The lowest BCUT2D eigenvalue weighted by Crippen LogP contribution is -2.27. The Balaban J connectivity index is 0. The van der Waals surface area contributed by atoms with Crippen LogP contribution in [0, 0.1) is 0 Å². The van der Waals surface area contributed by atoms with Crippen LogP contribution in [-0.4, -0.2) is 31.5 Å². The van der Waals surface area contributed by atoms with E-state index in [2.05, 4.69) is 10.7 Å². The van der Waals surface area contributed by atoms with Crippen LogP contribution in [0.1, 0.15) is 0 Å². The van der Waals surface area contributed by atoms with Crippen LogP contribution < -0.4 is 5.90 Å². The van der Waals surface area contributed by atoms with Crippen LogP contribution in [-0.2, 0) is 9.63 Å². The van der Waals surface area contributed by atoms with Crippen LogP contribution in [0.15, 0.2) is 0 Å². The van der Waals surface area contributed by atoms with Crippen molar-refractivity contribution in [2.24, 2.45) is 5.90 Å². The molecule has 9 heavy (non-hydrogen) atoms. The highest BCUT2D eigenvalue weighted by atomic mass is 35.5. The van der Waals surface area contributed by atoms with E-state index in [1.807, 2.05) is 0 Å². The van der Waals surface area contributed by atoms with Crippen molar-refractivity contribution >= 4 is 18.3 Å². The van der Waals surface area contributed by atoms with Crippen molar-refractivity contribution in [3.8, 4) is 0 Å². The van der Waals surface area contributed by atoms with E-state index in [0.29, 0.717) is 0 Å². The average molecular weight is 155 g/mol. The number of carbonyl (C=O) groups is 1. The summed E-state index contributed by atoms with van der Waals surface area (Å²) in [4.78, 5) is 15.9. The first-order valence-corrected chi connectivity index (χ1v) is 2.20. The van der Waals surface area contributed by atoms with Gasteiger partial charge in [0, 0.05) is 14.1 Å². The largest absolute Gasteiger partial charge is 0.347 e. The number of rotatable bonds is 2. The first kappa shape index (κ1) is 11.5. The number of nitrogens with two attached hydrogens (primary N) is 1. The van der Waals surface area contributed by atoms with Gasteiger partial charge in [-0.3, -0.25) is 9.63 Å². The SMILES string of the molecule is CN(C)C(=O)CON.Cl. The summed E-state index contributed by atoms with van der Waals surface area (Å²) in [5, 5.41) is 0. The third kappa shape index (κ3) is 5.55. The lowest BCUT2D eigenvalue weighted by molar-refractivity contribution is -0.133. The van der Waals surface area contributed by atoms with Gasteiger partial charge in [-0.2, -0.15) is 0 Å². The van der Waals surface area contributed by atoms with Gasteiger partial charge >= 0.3 is 0 Å². The fourth-order valence-electron chi connectivity index (χ4n) is 0.200. The minimum atomic E-state index is -0.132. The molecule has 4 nitrogen and oxygen atoms in total. The van der Waals surface area contributed by atoms with Gasteiger partial charge < -0.3 is 4.90 Å². The van der Waals surface area contributed by atoms with E-state index < -0.39 is 0 Å². The monoisotopic (exact) mass is 154 g/mol. The van der Waals surface area contributed by atoms with Gasteiger partial charge in [-0.25, -0.2) is 5.90 Å². The van der Waals surface area contributed by atoms with Gasteiger partial charge in [0.15, 0.2) is 0 Å². The second-order valence-electron chi connectivity index (χ2n) is 1.60. The Morgan fingerprint density at radius 2 is 2.11 bits per heavy atom. The van der Waals surface area contributed by atoms with E-state index in [1.165, 1.54) is 4.90 Å². The maximum Gasteiger partial charge on any atom is 0.250 e. The molecule has 5 heteroatoms. The third-order valence-corrected chi connectivity index (χ3v) is 0.706. The van der Waals surface area contributed by atoms with E-state index in [0.717, 1.165) is 0 Å². The highest BCUT2D eigenvalue weighted by Crippen LogP contribution is 1.75. The number of nitrogens with zero attached hydrogens (tertiary/aromatic N) is 1. The topological polar surface area (TPSA) is 55.6 Å². The Morgan fingerprint density at radius 3 is 2.22 bits per heavy atom. The molecule has 2 N–H and O–H groups in total. The molecular formula is C4H11ClN2O2. The van der Waals surface area contributed by atoms with Crippen molar-refractivity contribution in [2.45, 2.75) is 0 Å². The van der Waals surface area contributed by atoms with Gasteiger partial charge in [-0.1, -0.05) is 0 Å². The second-order valence-corrected chi connectivity index (χ2v) is 1.60. The zero-order chi connectivity index (χ0) is 6.57. The number of likely N-dealkylation sites (N-methyl/N-ethyl adjacent to an activating group) is 1. The maximum atomic E-state index is 10.5. The number of halogens is 1. The molecule has 0 spiro atoms. The first-order valence-electron chi connectivity index (χ1n) is 2.20. The van der Waals surface area contributed by atoms with Crippen molar-refractivity contribution in [2.75, 3.05) is 20.7 Å². The molecule has 0 unspecified atom stereocenters. The van der Waals surface area contributed by atoms with Crippen molar-refractivity contribution in [1.29, 1.82) is 0 Å². The normalized spacial score (nSPS) is 7.89. The summed E-state index contributed by atoms with van der Waals surface area (Å²) in [7, 11) is 3.28. The zero-order valence-electron chi connectivity index (χ0n) is 5.46. The van der Waals surface area contributed by atoms with Crippen LogP contribution >= 0.6 is 12.4 Å². The van der Waals surface area contributed by atoms with Crippen LogP contribution in [0.25, 0.3) is 0 Å².